The smallest absolute Gasteiger partial charge is 0.303 e. The second kappa shape index (κ2) is 8.22. The molecule has 6 nitrogen and oxygen atoms in total. The number of H-pyrrole nitrogens is 1. The number of carbonyl (C=O) groups is 1. The van der Waals surface area contributed by atoms with E-state index in [-0.39, 0.29) is 6.42 Å². The van der Waals surface area contributed by atoms with Crippen molar-refractivity contribution in [3.8, 4) is 17.2 Å². The highest BCUT2D eigenvalue weighted by Crippen LogP contribution is 2.29. The van der Waals surface area contributed by atoms with Gasteiger partial charge in [-0.15, -0.1) is 0 Å². The van der Waals surface area contributed by atoms with Crippen molar-refractivity contribution in [1.29, 1.82) is 0 Å². The van der Waals surface area contributed by atoms with Gasteiger partial charge in [-0.25, -0.2) is 4.98 Å². The molecule has 2 aromatic carbocycles. The molecule has 0 radical (unpaired) electrons. The second-order valence-corrected chi connectivity index (χ2v) is 6.86. The molecule has 0 saturated heterocycles. The van der Waals surface area contributed by atoms with E-state index >= 15 is 0 Å². The highest BCUT2D eigenvalue weighted by atomic mass is 16.5. The van der Waals surface area contributed by atoms with Crippen molar-refractivity contribution in [3.05, 3.63) is 71.7 Å². The molecule has 0 aliphatic heterocycles. The Morgan fingerprint density at radius 1 is 1.14 bits per heavy atom. The van der Waals surface area contributed by atoms with Gasteiger partial charge in [0.05, 0.1) is 12.3 Å². The van der Waals surface area contributed by atoms with Crippen LogP contribution in [0.3, 0.4) is 0 Å². The number of aryl methyl sites for hydroxylation is 2. The Morgan fingerprint density at radius 2 is 1.97 bits per heavy atom. The van der Waals surface area contributed by atoms with Crippen LogP contribution >= 0.6 is 0 Å². The first-order valence-corrected chi connectivity index (χ1v) is 9.57. The van der Waals surface area contributed by atoms with Crippen LogP contribution in [-0.4, -0.2) is 27.7 Å². The number of carboxylic acid groups (broad SMARTS) is 1. The third-order valence-corrected chi connectivity index (χ3v) is 4.90. The van der Waals surface area contributed by atoms with E-state index in [0.29, 0.717) is 31.1 Å². The number of carboxylic acids is 1. The molecule has 0 spiro atoms. The van der Waals surface area contributed by atoms with Crippen LogP contribution in [0.2, 0.25) is 0 Å². The summed E-state index contributed by atoms with van der Waals surface area (Å²) in [5.41, 5.74) is 3.68. The zero-order valence-electron chi connectivity index (χ0n) is 16.1. The monoisotopic (exact) mass is 390 g/mol. The molecule has 0 amide bonds. The van der Waals surface area contributed by atoms with Crippen molar-refractivity contribution in [2.24, 2.45) is 0 Å². The van der Waals surface area contributed by atoms with Crippen LogP contribution < -0.4 is 4.74 Å². The molecular weight excluding hydrogens is 368 g/mol. The zero-order chi connectivity index (χ0) is 20.2. The number of hydrogen-bond acceptors (Lipinski definition) is 4. The first kappa shape index (κ1) is 18.8. The van der Waals surface area contributed by atoms with Crippen molar-refractivity contribution in [2.45, 2.75) is 26.2 Å². The summed E-state index contributed by atoms with van der Waals surface area (Å²) < 4.78 is 11.8. The molecule has 0 saturated carbocycles. The summed E-state index contributed by atoms with van der Waals surface area (Å²) >= 11 is 0. The van der Waals surface area contributed by atoms with Gasteiger partial charge in [-0.2, -0.15) is 0 Å². The molecule has 4 aromatic rings. The average Bonchev–Trinajstić information content (AvgIpc) is 3.34. The fourth-order valence-electron chi connectivity index (χ4n) is 3.42. The molecule has 2 N–H and O–H groups in total. The quantitative estimate of drug-likeness (QED) is 0.452. The number of nitrogens with zero attached hydrogens (tertiary/aromatic N) is 1. The predicted octanol–water partition coefficient (Wildman–Crippen LogP) is 4.77. The number of hydrogen-bond donors (Lipinski definition) is 2. The minimum absolute atomic E-state index is 0.0590. The molecule has 0 bridgehead atoms. The van der Waals surface area contributed by atoms with Gasteiger partial charge in [-0.1, -0.05) is 18.2 Å². The van der Waals surface area contributed by atoms with Crippen molar-refractivity contribution < 1.29 is 19.1 Å². The highest BCUT2D eigenvalue weighted by Gasteiger charge is 2.14. The number of aromatic nitrogens is 2. The normalized spacial score (nSPS) is 11.1. The SMILES string of the molecule is Cc1oc(-c2ccccc2)nc1CCOc1ccc2[nH]ccc2c1CCC(=O)O. The Morgan fingerprint density at radius 3 is 2.76 bits per heavy atom. The molecule has 29 heavy (non-hydrogen) atoms. The summed E-state index contributed by atoms with van der Waals surface area (Å²) in [6, 6.07) is 15.6. The zero-order valence-corrected chi connectivity index (χ0v) is 16.1. The van der Waals surface area contributed by atoms with E-state index in [1.165, 1.54) is 0 Å². The molecule has 0 aliphatic carbocycles. The first-order valence-electron chi connectivity index (χ1n) is 9.57. The third kappa shape index (κ3) is 4.16. The largest absolute Gasteiger partial charge is 0.493 e. The molecule has 0 fully saturated rings. The van der Waals surface area contributed by atoms with Gasteiger partial charge in [0.1, 0.15) is 11.5 Å². The van der Waals surface area contributed by atoms with Crippen molar-refractivity contribution in [2.75, 3.05) is 6.61 Å². The van der Waals surface area contributed by atoms with Crippen LogP contribution in [0.15, 0.2) is 59.1 Å². The van der Waals surface area contributed by atoms with Crippen LogP contribution in [0.5, 0.6) is 5.75 Å². The maximum absolute atomic E-state index is 11.0. The average molecular weight is 390 g/mol. The molecule has 148 valence electrons. The molecule has 2 aromatic heterocycles. The van der Waals surface area contributed by atoms with Gasteiger partial charge < -0.3 is 19.2 Å². The summed E-state index contributed by atoms with van der Waals surface area (Å²) in [7, 11) is 0. The Kier molecular flexibility index (Phi) is 5.33. The lowest BCUT2D eigenvalue weighted by atomic mass is 10.0. The van der Waals surface area contributed by atoms with Crippen LogP contribution in [0.25, 0.3) is 22.4 Å². The van der Waals surface area contributed by atoms with E-state index in [2.05, 4.69) is 9.97 Å². The summed E-state index contributed by atoms with van der Waals surface area (Å²) in [4.78, 5) is 18.8. The lowest BCUT2D eigenvalue weighted by molar-refractivity contribution is -0.136. The van der Waals surface area contributed by atoms with Gasteiger partial charge in [-0.3, -0.25) is 4.79 Å². The molecule has 4 rings (SSSR count). The Labute approximate surface area is 168 Å². The number of benzene rings is 2. The number of aliphatic carboxylic acids is 1. The van der Waals surface area contributed by atoms with E-state index in [9.17, 15) is 4.79 Å². The lowest BCUT2D eigenvalue weighted by Gasteiger charge is -2.12. The molecule has 0 aliphatic rings. The standard InChI is InChI=1S/C23H22N2O4/c1-15-19(25-23(29-15)16-5-3-2-4-6-16)12-14-28-21-9-8-20-17(11-13-24-20)18(21)7-10-22(26)27/h2-6,8-9,11,13,24H,7,10,12,14H2,1H3,(H,26,27). The van der Waals surface area contributed by atoms with Crippen molar-refractivity contribution in [3.63, 3.8) is 0 Å². The van der Waals surface area contributed by atoms with Gasteiger partial charge in [0.15, 0.2) is 0 Å². The molecule has 6 heteroatoms. The van der Waals surface area contributed by atoms with Crippen LogP contribution in [0.1, 0.15) is 23.4 Å². The Balaban J connectivity index is 1.48. The van der Waals surface area contributed by atoms with E-state index in [1.54, 1.807) is 0 Å². The second-order valence-electron chi connectivity index (χ2n) is 6.86. The predicted molar refractivity (Wildman–Crippen MR) is 110 cm³/mol. The van der Waals surface area contributed by atoms with Crippen molar-refractivity contribution in [1.82, 2.24) is 9.97 Å². The van der Waals surface area contributed by atoms with E-state index < -0.39 is 5.97 Å². The number of ether oxygens (including phenoxy) is 1. The number of nitrogens with one attached hydrogen (secondary N) is 1. The fraction of sp³-hybridized carbons (Fsp3) is 0.217. The fourth-order valence-corrected chi connectivity index (χ4v) is 3.42. The molecule has 2 heterocycles. The topological polar surface area (TPSA) is 88.4 Å². The van der Waals surface area contributed by atoms with Crippen LogP contribution in [0.4, 0.5) is 0 Å². The lowest BCUT2D eigenvalue weighted by Crippen LogP contribution is -2.06. The number of aromatic amines is 1. The Hall–Kier alpha value is -3.54. The van der Waals surface area contributed by atoms with E-state index in [1.807, 2.05) is 61.7 Å². The van der Waals surface area contributed by atoms with Gasteiger partial charge in [0, 0.05) is 41.1 Å². The number of fused-ring (bicyclic) bond motifs is 1. The summed E-state index contributed by atoms with van der Waals surface area (Å²) in [6.45, 7) is 2.33. The molecule has 0 unspecified atom stereocenters. The molecular formula is C23H22N2O4. The highest BCUT2D eigenvalue weighted by molar-refractivity contribution is 5.85. The summed E-state index contributed by atoms with van der Waals surface area (Å²) in [6.07, 6.45) is 2.93. The maximum atomic E-state index is 11.0. The van der Waals surface area contributed by atoms with Gasteiger partial charge in [0.2, 0.25) is 5.89 Å². The van der Waals surface area contributed by atoms with E-state index in [4.69, 9.17) is 14.3 Å². The van der Waals surface area contributed by atoms with E-state index in [0.717, 1.165) is 33.5 Å². The number of oxazole rings is 1. The minimum atomic E-state index is -0.824. The summed E-state index contributed by atoms with van der Waals surface area (Å²) in [5, 5.41) is 10.1. The van der Waals surface area contributed by atoms with Gasteiger partial charge in [-0.05, 0) is 43.7 Å². The van der Waals surface area contributed by atoms with Crippen molar-refractivity contribution >= 4 is 16.9 Å². The van der Waals surface area contributed by atoms with Gasteiger partial charge >= 0.3 is 5.97 Å². The Bertz CT molecular complexity index is 1130. The minimum Gasteiger partial charge on any atom is -0.493 e. The summed E-state index contributed by atoms with van der Waals surface area (Å²) in [5.74, 6) is 1.27. The van der Waals surface area contributed by atoms with Gasteiger partial charge in [0.25, 0.3) is 0 Å². The maximum Gasteiger partial charge on any atom is 0.303 e. The first-order chi connectivity index (χ1) is 14.1. The molecule has 0 atom stereocenters. The van der Waals surface area contributed by atoms with Crippen LogP contribution in [-0.2, 0) is 17.6 Å². The third-order valence-electron chi connectivity index (χ3n) is 4.90. The number of rotatable bonds is 8. The van der Waals surface area contributed by atoms with Crippen LogP contribution in [0, 0.1) is 6.92 Å².